The highest BCUT2D eigenvalue weighted by Crippen LogP contribution is 2.36. The maximum Gasteiger partial charge on any atom is 0.271 e. The fraction of sp³-hybridized carbons (Fsp3) is 0.462. The molecule has 7 heteroatoms. The molecule has 1 aliphatic carbocycles. The highest BCUT2D eigenvalue weighted by molar-refractivity contribution is 7.17. The average Bonchev–Trinajstić information content (AvgIpc) is 3.31. The molecule has 2 amide bonds. The summed E-state index contributed by atoms with van der Waals surface area (Å²) in [5.41, 5.74) is 1.55. The largest absolute Gasteiger partial charge is 0.496 e. The van der Waals surface area contributed by atoms with Crippen molar-refractivity contribution < 1.29 is 14.3 Å². The maximum atomic E-state index is 13.9. The van der Waals surface area contributed by atoms with Gasteiger partial charge >= 0.3 is 0 Å². The van der Waals surface area contributed by atoms with Crippen LogP contribution in [0.3, 0.4) is 0 Å². The lowest BCUT2D eigenvalue weighted by molar-refractivity contribution is -0.134. The normalized spacial score (nSPS) is 21.6. The summed E-state index contributed by atoms with van der Waals surface area (Å²) >= 11 is 1.62. The molecule has 1 saturated carbocycles. The van der Waals surface area contributed by atoms with Crippen LogP contribution in [-0.2, 0) is 17.9 Å². The van der Waals surface area contributed by atoms with Crippen molar-refractivity contribution in [2.45, 2.75) is 70.1 Å². The van der Waals surface area contributed by atoms with Gasteiger partial charge in [-0.1, -0.05) is 43.9 Å². The van der Waals surface area contributed by atoms with Gasteiger partial charge in [-0.2, -0.15) is 0 Å². The number of rotatable bonds is 5. The number of benzene rings is 1. The Morgan fingerprint density at radius 2 is 1.94 bits per heavy atom. The SMILES string of the molecule is COc1ccccc1CN1C(=O)c2cc3sccc3n2CC1(C)C(=O)NC1CCCCCC1. The molecule has 0 saturated heterocycles. The van der Waals surface area contributed by atoms with E-state index in [9.17, 15) is 9.59 Å². The van der Waals surface area contributed by atoms with Crippen LogP contribution in [0.1, 0.15) is 61.5 Å². The first-order chi connectivity index (χ1) is 16.0. The monoisotopic (exact) mass is 465 g/mol. The van der Waals surface area contributed by atoms with Crippen LogP contribution in [0.4, 0.5) is 0 Å². The van der Waals surface area contributed by atoms with Crippen molar-refractivity contribution in [1.29, 1.82) is 0 Å². The van der Waals surface area contributed by atoms with E-state index in [-0.39, 0.29) is 17.9 Å². The Morgan fingerprint density at radius 1 is 1.18 bits per heavy atom. The predicted octanol–water partition coefficient (Wildman–Crippen LogP) is 4.97. The van der Waals surface area contributed by atoms with Crippen LogP contribution in [0.15, 0.2) is 41.8 Å². The molecule has 1 fully saturated rings. The smallest absolute Gasteiger partial charge is 0.271 e. The van der Waals surface area contributed by atoms with Gasteiger partial charge in [-0.25, -0.2) is 0 Å². The molecule has 6 nitrogen and oxygen atoms in total. The van der Waals surface area contributed by atoms with E-state index in [2.05, 4.69) is 5.32 Å². The third kappa shape index (κ3) is 3.92. The Kier molecular flexibility index (Phi) is 5.91. The molecule has 5 rings (SSSR count). The first-order valence-corrected chi connectivity index (χ1v) is 12.7. The zero-order valence-corrected chi connectivity index (χ0v) is 20.1. The molecule has 1 atom stereocenters. The lowest BCUT2D eigenvalue weighted by atomic mass is 9.92. The van der Waals surface area contributed by atoms with Crippen LogP contribution in [0, 0.1) is 0 Å². The van der Waals surface area contributed by atoms with E-state index in [0.29, 0.717) is 18.8 Å². The van der Waals surface area contributed by atoms with Gasteiger partial charge in [0.05, 0.1) is 30.4 Å². The number of carbonyl (C=O) groups excluding carboxylic acids is 2. The van der Waals surface area contributed by atoms with Crippen molar-refractivity contribution in [3.05, 3.63) is 53.0 Å². The van der Waals surface area contributed by atoms with Crippen LogP contribution < -0.4 is 10.1 Å². The predicted molar refractivity (Wildman–Crippen MR) is 131 cm³/mol. The number of nitrogens with one attached hydrogen (secondary N) is 1. The summed E-state index contributed by atoms with van der Waals surface area (Å²) in [6, 6.07) is 11.9. The van der Waals surface area contributed by atoms with Crippen molar-refractivity contribution in [3.8, 4) is 5.75 Å². The second-order valence-corrected chi connectivity index (χ2v) is 10.4. The summed E-state index contributed by atoms with van der Waals surface area (Å²) in [5.74, 6) is 0.535. The van der Waals surface area contributed by atoms with Gasteiger partial charge in [0.2, 0.25) is 5.91 Å². The summed E-state index contributed by atoms with van der Waals surface area (Å²) in [6.45, 7) is 2.66. The topological polar surface area (TPSA) is 63.6 Å². The Labute approximate surface area is 198 Å². The first-order valence-electron chi connectivity index (χ1n) is 11.8. The number of hydrogen-bond acceptors (Lipinski definition) is 4. The summed E-state index contributed by atoms with van der Waals surface area (Å²) in [7, 11) is 1.63. The highest BCUT2D eigenvalue weighted by Gasteiger charge is 2.48. The number of methoxy groups -OCH3 is 1. The number of carbonyl (C=O) groups is 2. The van der Waals surface area contributed by atoms with Crippen molar-refractivity contribution in [2.75, 3.05) is 7.11 Å². The molecule has 1 aliphatic heterocycles. The zero-order valence-electron chi connectivity index (χ0n) is 19.3. The Bertz CT molecular complexity index is 1170. The van der Waals surface area contributed by atoms with Gasteiger partial charge < -0.3 is 19.5 Å². The summed E-state index contributed by atoms with van der Waals surface area (Å²) in [6.07, 6.45) is 6.75. The van der Waals surface area contributed by atoms with Gasteiger partial charge in [0.1, 0.15) is 17.0 Å². The highest BCUT2D eigenvalue weighted by atomic mass is 32.1. The number of para-hydroxylation sites is 1. The minimum Gasteiger partial charge on any atom is -0.496 e. The molecule has 3 heterocycles. The van der Waals surface area contributed by atoms with Crippen LogP contribution in [0.2, 0.25) is 0 Å². The van der Waals surface area contributed by atoms with Crippen LogP contribution >= 0.6 is 11.3 Å². The number of aromatic nitrogens is 1. The van der Waals surface area contributed by atoms with Crippen molar-refractivity contribution in [1.82, 2.24) is 14.8 Å². The Balaban J connectivity index is 1.53. The minimum absolute atomic E-state index is 0.0691. The molecule has 2 aliphatic rings. The van der Waals surface area contributed by atoms with Gasteiger partial charge in [-0.05, 0) is 43.3 Å². The van der Waals surface area contributed by atoms with Gasteiger partial charge in [0.15, 0.2) is 0 Å². The minimum atomic E-state index is -1.01. The van der Waals surface area contributed by atoms with Crippen molar-refractivity contribution in [3.63, 3.8) is 0 Å². The van der Waals surface area contributed by atoms with E-state index in [1.165, 1.54) is 12.8 Å². The molecule has 0 radical (unpaired) electrons. The van der Waals surface area contributed by atoms with E-state index in [0.717, 1.165) is 47.2 Å². The Morgan fingerprint density at radius 3 is 2.70 bits per heavy atom. The van der Waals surface area contributed by atoms with Crippen molar-refractivity contribution >= 4 is 33.4 Å². The van der Waals surface area contributed by atoms with E-state index < -0.39 is 5.54 Å². The molecule has 2 aromatic heterocycles. The summed E-state index contributed by atoms with van der Waals surface area (Å²) in [4.78, 5) is 29.5. The lowest BCUT2D eigenvalue weighted by Crippen LogP contribution is -2.64. The van der Waals surface area contributed by atoms with Crippen LogP contribution in [0.5, 0.6) is 5.75 Å². The maximum absolute atomic E-state index is 13.9. The van der Waals surface area contributed by atoms with Crippen LogP contribution in [-0.4, -0.2) is 40.0 Å². The van der Waals surface area contributed by atoms with E-state index in [1.54, 1.807) is 23.3 Å². The van der Waals surface area contributed by atoms with E-state index in [4.69, 9.17) is 4.74 Å². The Hall–Kier alpha value is -2.80. The number of nitrogens with zero attached hydrogens (tertiary/aromatic N) is 2. The number of amides is 2. The number of thiophene rings is 1. The van der Waals surface area contributed by atoms with E-state index >= 15 is 0 Å². The number of ether oxygens (including phenoxy) is 1. The van der Waals surface area contributed by atoms with Crippen molar-refractivity contribution in [2.24, 2.45) is 0 Å². The van der Waals surface area contributed by atoms with Gasteiger partial charge in [0, 0.05) is 11.6 Å². The van der Waals surface area contributed by atoms with Crippen LogP contribution in [0.25, 0.3) is 10.2 Å². The summed E-state index contributed by atoms with van der Waals surface area (Å²) < 4.78 is 8.65. The molecule has 33 heavy (non-hydrogen) atoms. The average molecular weight is 466 g/mol. The third-order valence-corrected chi connectivity index (χ3v) is 8.10. The molecule has 1 aromatic carbocycles. The quantitative estimate of drug-likeness (QED) is 0.542. The fourth-order valence-electron chi connectivity index (χ4n) is 5.29. The molecule has 0 spiro atoms. The second kappa shape index (κ2) is 8.86. The number of hydrogen-bond donors (Lipinski definition) is 1. The molecule has 1 N–H and O–H groups in total. The lowest BCUT2D eigenvalue weighted by Gasteiger charge is -2.44. The summed E-state index contributed by atoms with van der Waals surface area (Å²) in [5, 5.41) is 5.36. The second-order valence-electron chi connectivity index (χ2n) is 9.42. The van der Waals surface area contributed by atoms with E-state index in [1.807, 2.05) is 53.3 Å². The molecular weight excluding hydrogens is 434 g/mol. The molecule has 174 valence electrons. The zero-order chi connectivity index (χ0) is 23.0. The van der Waals surface area contributed by atoms with Gasteiger partial charge in [0.25, 0.3) is 5.91 Å². The molecule has 1 unspecified atom stereocenters. The fourth-order valence-corrected chi connectivity index (χ4v) is 6.11. The van der Waals surface area contributed by atoms with Gasteiger partial charge in [-0.3, -0.25) is 9.59 Å². The first kappa shape index (κ1) is 22.0. The van der Waals surface area contributed by atoms with Gasteiger partial charge in [-0.15, -0.1) is 11.3 Å². The number of fused-ring (bicyclic) bond motifs is 3. The molecular formula is C26H31N3O3S. The third-order valence-electron chi connectivity index (χ3n) is 7.25. The molecule has 3 aromatic rings. The molecule has 0 bridgehead atoms. The standard InChI is InChI=1S/C26H31N3O3S/c1-26(25(31)27-19-10-5-3-4-6-11-19)17-28-20-13-14-33-23(20)15-21(28)24(30)29(26)16-18-9-7-8-12-22(18)32-2/h7-9,12-15,19H,3-6,10-11,16-17H2,1-2H3,(H,27,31).